The van der Waals surface area contributed by atoms with Gasteiger partial charge in [0, 0.05) is 17.8 Å². The standard InChI is InChI=1S/C11H13N3O/c1-8(12)9-6-13-14(7-9)10-4-2-3-5-11(10)15/h2-8,15H,12H2,1H3. The van der Waals surface area contributed by atoms with Gasteiger partial charge in [-0.2, -0.15) is 5.10 Å². The molecule has 0 fully saturated rings. The summed E-state index contributed by atoms with van der Waals surface area (Å²) in [5.74, 6) is 0.205. The third-order valence-electron chi connectivity index (χ3n) is 2.26. The van der Waals surface area contributed by atoms with Crippen molar-refractivity contribution in [2.75, 3.05) is 0 Å². The van der Waals surface area contributed by atoms with Crippen LogP contribution in [-0.2, 0) is 0 Å². The Kier molecular flexibility index (Phi) is 2.43. The van der Waals surface area contributed by atoms with Crippen LogP contribution in [0, 0.1) is 0 Å². The Hall–Kier alpha value is -1.81. The van der Waals surface area contributed by atoms with Crippen LogP contribution in [0.1, 0.15) is 18.5 Å². The molecule has 1 atom stereocenters. The van der Waals surface area contributed by atoms with E-state index in [9.17, 15) is 5.11 Å². The van der Waals surface area contributed by atoms with Crippen molar-refractivity contribution in [3.05, 3.63) is 42.2 Å². The molecular formula is C11H13N3O. The molecular weight excluding hydrogens is 190 g/mol. The van der Waals surface area contributed by atoms with Gasteiger partial charge in [-0.3, -0.25) is 0 Å². The molecule has 0 saturated heterocycles. The number of aromatic hydroxyl groups is 1. The van der Waals surface area contributed by atoms with Crippen molar-refractivity contribution in [2.45, 2.75) is 13.0 Å². The summed E-state index contributed by atoms with van der Waals surface area (Å²) in [4.78, 5) is 0. The van der Waals surface area contributed by atoms with Gasteiger partial charge in [0.25, 0.3) is 0 Å². The maximum Gasteiger partial charge on any atom is 0.141 e. The monoisotopic (exact) mass is 203 g/mol. The summed E-state index contributed by atoms with van der Waals surface area (Å²) in [5.41, 5.74) is 7.33. The molecule has 1 heterocycles. The molecule has 78 valence electrons. The van der Waals surface area contributed by atoms with E-state index in [0.29, 0.717) is 5.69 Å². The Morgan fingerprint density at radius 1 is 1.40 bits per heavy atom. The van der Waals surface area contributed by atoms with Crippen LogP contribution in [0.4, 0.5) is 0 Å². The van der Waals surface area contributed by atoms with Crippen LogP contribution in [0.3, 0.4) is 0 Å². The highest BCUT2D eigenvalue weighted by Gasteiger charge is 2.06. The van der Waals surface area contributed by atoms with Crippen molar-refractivity contribution >= 4 is 0 Å². The molecule has 0 radical (unpaired) electrons. The maximum atomic E-state index is 9.62. The molecule has 0 spiro atoms. The van der Waals surface area contributed by atoms with E-state index in [1.807, 2.05) is 19.2 Å². The van der Waals surface area contributed by atoms with Gasteiger partial charge in [0.1, 0.15) is 11.4 Å². The second-order valence-corrected chi connectivity index (χ2v) is 3.50. The van der Waals surface area contributed by atoms with Crippen molar-refractivity contribution in [1.82, 2.24) is 9.78 Å². The third kappa shape index (κ3) is 1.85. The lowest BCUT2D eigenvalue weighted by Gasteiger charge is -2.03. The van der Waals surface area contributed by atoms with Crippen LogP contribution in [0.15, 0.2) is 36.7 Å². The van der Waals surface area contributed by atoms with Gasteiger partial charge in [0.15, 0.2) is 0 Å². The molecule has 0 aliphatic rings. The smallest absolute Gasteiger partial charge is 0.141 e. The minimum absolute atomic E-state index is 0.0513. The lowest BCUT2D eigenvalue weighted by Crippen LogP contribution is -2.03. The number of nitrogens with two attached hydrogens (primary N) is 1. The highest BCUT2D eigenvalue weighted by atomic mass is 16.3. The zero-order valence-electron chi connectivity index (χ0n) is 8.46. The van der Waals surface area contributed by atoms with Crippen LogP contribution in [-0.4, -0.2) is 14.9 Å². The van der Waals surface area contributed by atoms with Crippen molar-refractivity contribution in [3.8, 4) is 11.4 Å². The quantitative estimate of drug-likeness (QED) is 0.779. The molecule has 4 nitrogen and oxygen atoms in total. The number of hydrogen-bond acceptors (Lipinski definition) is 3. The molecule has 1 aromatic heterocycles. The second kappa shape index (κ2) is 3.74. The predicted molar refractivity (Wildman–Crippen MR) is 57.8 cm³/mol. The number of para-hydroxylation sites is 2. The number of phenolic OH excluding ortho intramolecular Hbond substituents is 1. The number of aromatic nitrogens is 2. The summed E-state index contributed by atoms with van der Waals surface area (Å²) in [6.45, 7) is 1.90. The topological polar surface area (TPSA) is 64.1 Å². The van der Waals surface area contributed by atoms with Crippen LogP contribution in [0.25, 0.3) is 5.69 Å². The predicted octanol–water partition coefficient (Wildman–Crippen LogP) is 1.60. The highest BCUT2D eigenvalue weighted by Crippen LogP contribution is 2.21. The third-order valence-corrected chi connectivity index (χ3v) is 2.26. The van der Waals surface area contributed by atoms with E-state index in [1.165, 1.54) is 0 Å². The maximum absolute atomic E-state index is 9.62. The minimum Gasteiger partial charge on any atom is -0.506 e. The molecule has 2 rings (SSSR count). The van der Waals surface area contributed by atoms with Gasteiger partial charge >= 0.3 is 0 Å². The van der Waals surface area contributed by atoms with Gasteiger partial charge in [-0.05, 0) is 19.1 Å². The molecule has 1 aromatic carbocycles. The average molecular weight is 203 g/mol. The average Bonchev–Trinajstić information content (AvgIpc) is 2.67. The molecule has 4 heteroatoms. The lowest BCUT2D eigenvalue weighted by molar-refractivity contribution is 0.470. The fourth-order valence-electron chi connectivity index (χ4n) is 1.36. The van der Waals surface area contributed by atoms with Crippen molar-refractivity contribution < 1.29 is 5.11 Å². The molecule has 0 bridgehead atoms. The van der Waals surface area contributed by atoms with Crippen LogP contribution < -0.4 is 5.73 Å². The normalized spacial score (nSPS) is 12.7. The zero-order valence-corrected chi connectivity index (χ0v) is 8.46. The first-order valence-corrected chi connectivity index (χ1v) is 4.77. The van der Waals surface area contributed by atoms with Gasteiger partial charge in [0.2, 0.25) is 0 Å². The first-order valence-electron chi connectivity index (χ1n) is 4.77. The fraction of sp³-hybridized carbons (Fsp3) is 0.182. The summed E-state index contributed by atoms with van der Waals surface area (Å²) >= 11 is 0. The fourth-order valence-corrected chi connectivity index (χ4v) is 1.36. The highest BCUT2D eigenvalue weighted by molar-refractivity contribution is 5.44. The molecule has 0 aliphatic carbocycles. The van der Waals surface area contributed by atoms with Crippen molar-refractivity contribution in [2.24, 2.45) is 5.73 Å². The van der Waals surface area contributed by atoms with E-state index in [4.69, 9.17) is 5.73 Å². The first-order chi connectivity index (χ1) is 7.18. The summed E-state index contributed by atoms with van der Waals surface area (Å²) in [6, 6.07) is 7.00. The molecule has 0 amide bonds. The summed E-state index contributed by atoms with van der Waals surface area (Å²) in [6.07, 6.45) is 3.52. The van der Waals surface area contributed by atoms with Gasteiger partial charge in [-0.1, -0.05) is 12.1 Å². The Morgan fingerprint density at radius 2 is 2.13 bits per heavy atom. The lowest BCUT2D eigenvalue weighted by atomic mass is 10.2. The van der Waals surface area contributed by atoms with Gasteiger partial charge < -0.3 is 10.8 Å². The summed E-state index contributed by atoms with van der Waals surface area (Å²) < 4.78 is 1.62. The van der Waals surface area contributed by atoms with E-state index in [2.05, 4.69) is 5.10 Å². The Balaban J connectivity index is 2.42. The molecule has 0 aliphatic heterocycles. The molecule has 0 saturated carbocycles. The van der Waals surface area contributed by atoms with Crippen molar-refractivity contribution in [3.63, 3.8) is 0 Å². The Labute approximate surface area is 88.0 Å². The van der Waals surface area contributed by atoms with E-state index in [1.54, 1.807) is 29.1 Å². The number of hydrogen-bond donors (Lipinski definition) is 2. The van der Waals surface area contributed by atoms with Gasteiger partial charge in [-0.25, -0.2) is 4.68 Å². The van der Waals surface area contributed by atoms with Crippen molar-refractivity contribution in [1.29, 1.82) is 0 Å². The molecule has 15 heavy (non-hydrogen) atoms. The Morgan fingerprint density at radius 3 is 2.73 bits per heavy atom. The van der Waals surface area contributed by atoms with E-state index >= 15 is 0 Å². The number of rotatable bonds is 2. The van der Waals surface area contributed by atoms with E-state index in [0.717, 1.165) is 5.56 Å². The van der Waals surface area contributed by atoms with Crippen LogP contribution >= 0.6 is 0 Å². The van der Waals surface area contributed by atoms with Gasteiger partial charge in [-0.15, -0.1) is 0 Å². The molecule has 2 aromatic rings. The largest absolute Gasteiger partial charge is 0.506 e. The number of nitrogens with zero attached hydrogens (tertiary/aromatic N) is 2. The SMILES string of the molecule is CC(N)c1cnn(-c2ccccc2O)c1. The van der Waals surface area contributed by atoms with Crippen LogP contribution in [0.5, 0.6) is 5.75 Å². The molecule has 3 N–H and O–H groups in total. The zero-order chi connectivity index (χ0) is 10.8. The minimum atomic E-state index is -0.0513. The van der Waals surface area contributed by atoms with E-state index < -0.39 is 0 Å². The van der Waals surface area contributed by atoms with Gasteiger partial charge in [0.05, 0.1) is 6.20 Å². The number of phenols is 1. The second-order valence-electron chi connectivity index (χ2n) is 3.50. The summed E-state index contributed by atoms with van der Waals surface area (Å²) in [5, 5.41) is 13.8. The molecule has 1 unspecified atom stereocenters. The Bertz CT molecular complexity index is 462. The van der Waals surface area contributed by atoms with Crippen LogP contribution in [0.2, 0.25) is 0 Å². The van der Waals surface area contributed by atoms with E-state index in [-0.39, 0.29) is 11.8 Å². The first kappa shape index (κ1) is 9.73. The summed E-state index contributed by atoms with van der Waals surface area (Å²) in [7, 11) is 0. The number of benzene rings is 1.